The lowest BCUT2D eigenvalue weighted by molar-refractivity contribution is 0.130. The Morgan fingerprint density at radius 2 is 1.80 bits per heavy atom. The monoisotopic (exact) mass is 149 g/mol. The first-order valence-corrected chi connectivity index (χ1v) is 3.43. The SMILES string of the molecule is OCC(CO)CCCNO. The van der Waals surface area contributed by atoms with Crippen molar-refractivity contribution in [2.75, 3.05) is 19.8 Å². The highest BCUT2D eigenvalue weighted by atomic mass is 16.5. The molecule has 0 unspecified atom stereocenters. The molecule has 0 aromatic heterocycles. The Hall–Kier alpha value is -0.160. The van der Waals surface area contributed by atoms with Gasteiger partial charge in [0.2, 0.25) is 0 Å². The summed E-state index contributed by atoms with van der Waals surface area (Å²) in [5.74, 6) is -0.0339. The molecule has 0 amide bonds. The van der Waals surface area contributed by atoms with Gasteiger partial charge in [-0.15, -0.1) is 0 Å². The maximum Gasteiger partial charge on any atom is 0.0481 e. The molecule has 0 aromatic carbocycles. The van der Waals surface area contributed by atoms with Gasteiger partial charge < -0.3 is 15.4 Å². The highest BCUT2D eigenvalue weighted by Crippen LogP contribution is 2.02. The third-order valence-electron chi connectivity index (χ3n) is 1.42. The summed E-state index contributed by atoms with van der Waals surface area (Å²) in [6.07, 6.45) is 1.50. The lowest BCUT2D eigenvalue weighted by atomic mass is 10.1. The van der Waals surface area contributed by atoms with Crippen molar-refractivity contribution in [2.24, 2.45) is 5.92 Å². The predicted molar refractivity (Wildman–Crippen MR) is 36.7 cm³/mol. The molecule has 10 heavy (non-hydrogen) atoms. The predicted octanol–water partition coefficient (Wildman–Crippen LogP) is -0.654. The van der Waals surface area contributed by atoms with Crippen molar-refractivity contribution in [1.29, 1.82) is 0 Å². The average molecular weight is 149 g/mol. The molecule has 0 saturated carbocycles. The van der Waals surface area contributed by atoms with Crippen LogP contribution in [0.3, 0.4) is 0 Å². The largest absolute Gasteiger partial charge is 0.396 e. The van der Waals surface area contributed by atoms with E-state index in [0.29, 0.717) is 6.54 Å². The lowest BCUT2D eigenvalue weighted by Gasteiger charge is -2.08. The molecule has 4 N–H and O–H groups in total. The van der Waals surface area contributed by atoms with E-state index in [4.69, 9.17) is 15.4 Å². The van der Waals surface area contributed by atoms with Gasteiger partial charge in [-0.3, -0.25) is 0 Å². The number of hydrogen-bond donors (Lipinski definition) is 4. The molecule has 62 valence electrons. The van der Waals surface area contributed by atoms with Gasteiger partial charge in [-0.1, -0.05) is 0 Å². The van der Waals surface area contributed by atoms with Crippen LogP contribution in [0.15, 0.2) is 0 Å². The molecule has 0 fully saturated rings. The first kappa shape index (κ1) is 9.84. The zero-order chi connectivity index (χ0) is 7.82. The van der Waals surface area contributed by atoms with E-state index >= 15 is 0 Å². The number of aliphatic hydroxyl groups is 2. The van der Waals surface area contributed by atoms with Crippen molar-refractivity contribution in [1.82, 2.24) is 5.48 Å². The van der Waals surface area contributed by atoms with Gasteiger partial charge in [0, 0.05) is 25.7 Å². The summed E-state index contributed by atoms with van der Waals surface area (Å²) in [4.78, 5) is 0. The smallest absolute Gasteiger partial charge is 0.0481 e. The van der Waals surface area contributed by atoms with Crippen molar-refractivity contribution in [3.63, 3.8) is 0 Å². The van der Waals surface area contributed by atoms with Gasteiger partial charge in [-0.05, 0) is 12.8 Å². The second-order valence-electron chi connectivity index (χ2n) is 2.28. The normalized spacial score (nSPS) is 10.8. The molecule has 0 radical (unpaired) electrons. The Labute approximate surface area is 60.5 Å². The van der Waals surface area contributed by atoms with Gasteiger partial charge in [0.15, 0.2) is 0 Å². The Bertz CT molecular complexity index is 66.0. The molecule has 0 saturated heterocycles. The highest BCUT2D eigenvalue weighted by Gasteiger charge is 2.03. The molecule has 0 rings (SSSR count). The number of aliphatic hydroxyl groups excluding tert-OH is 2. The van der Waals surface area contributed by atoms with E-state index in [1.54, 1.807) is 0 Å². The molecule has 0 atom stereocenters. The average Bonchev–Trinajstić information content (AvgIpc) is 1.99. The van der Waals surface area contributed by atoms with Crippen LogP contribution in [0.5, 0.6) is 0 Å². The summed E-state index contributed by atoms with van der Waals surface area (Å²) < 4.78 is 0. The van der Waals surface area contributed by atoms with Crippen LogP contribution in [0.2, 0.25) is 0 Å². The van der Waals surface area contributed by atoms with Crippen molar-refractivity contribution in [2.45, 2.75) is 12.8 Å². The Kier molecular flexibility index (Phi) is 6.84. The Balaban J connectivity index is 3.09. The van der Waals surface area contributed by atoms with Crippen LogP contribution in [0.25, 0.3) is 0 Å². The molecule has 0 heterocycles. The van der Waals surface area contributed by atoms with E-state index in [2.05, 4.69) is 0 Å². The first-order valence-electron chi connectivity index (χ1n) is 3.43. The van der Waals surface area contributed by atoms with E-state index in [-0.39, 0.29) is 19.1 Å². The molecular formula is C6H15NO3. The molecule has 0 aromatic rings. The summed E-state index contributed by atoms with van der Waals surface area (Å²) in [5.41, 5.74) is 2.01. The maximum absolute atomic E-state index is 8.58. The zero-order valence-corrected chi connectivity index (χ0v) is 5.95. The van der Waals surface area contributed by atoms with E-state index < -0.39 is 0 Å². The van der Waals surface area contributed by atoms with Gasteiger partial charge in [0.05, 0.1) is 0 Å². The van der Waals surface area contributed by atoms with Gasteiger partial charge >= 0.3 is 0 Å². The summed E-state index contributed by atoms with van der Waals surface area (Å²) in [7, 11) is 0. The topological polar surface area (TPSA) is 72.7 Å². The van der Waals surface area contributed by atoms with E-state index in [0.717, 1.165) is 12.8 Å². The van der Waals surface area contributed by atoms with Crippen LogP contribution in [0.1, 0.15) is 12.8 Å². The third kappa shape index (κ3) is 4.69. The molecule has 0 aliphatic rings. The van der Waals surface area contributed by atoms with Crippen molar-refractivity contribution in [3.05, 3.63) is 0 Å². The first-order chi connectivity index (χ1) is 4.85. The van der Waals surface area contributed by atoms with Crippen LogP contribution in [-0.4, -0.2) is 35.2 Å². The van der Waals surface area contributed by atoms with Gasteiger partial charge in [0.1, 0.15) is 0 Å². The number of rotatable bonds is 6. The maximum atomic E-state index is 8.58. The fourth-order valence-electron chi connectivity index (χ4n) is 0.710. The molecule has 4 heteroatoms. The fourth-order valence-corrected chi connectivity index (χ4v) is 0.710. The van der Waals surface area contributed by atoms with Crippen LogP contribution in [-0.2, 0) is 0 Å². The number of hydrogen-bond acceptors (Lipinski definition) is 4. The van der Waals surface area contributed by atoms with Crippen molar-refractivity contribution < 1.29 is 15.4 Å². The van der Waals surface area contributed by atoms with Gasteiger partial charge in [-0.25, -0.2) is 5.48 Å². The Morgan fingerprint density at radius 3 is 2.20 bits per heavy atom. The van der Waals surface area contributed by atoms with Crippen molar-refractivity contribution in [3.8, 4) is 0 Å². The molecule has 0 spiro atoms. The molecule has 0 aliphatic heterocycles. The Morgan fingerprint density at radius 1 is 1.20 bits per heavy atom. The zero-order valence-electron chi connectivity index (χ0n) is 5.95. The van der Waals surface area contributed by atoms with Crippen LogP contribution < -0.4 is 5.48 Å². The fraction of sp³-hybridized carbons (Fsp3) is 1.00. The minimum Gasteiger partial charge on any atom is -0.396 e. The molecule has 4 nitrogen and oxygen atoms in total. The van der Waals surface area contributed by atoms with Crippen molar-refractivity contribution >= 4 is 0 Å². The number of hydroxylamine groups is 1. The second-order valence-corrected chi connectivity index (χ2v) is 2.28. The van der Waals surface area contributed by atoms with E-state index in [9.17, 15) is 0 Å². The summed E-state index contributed by atoms with van der Waals surface area (Å²) >= 11 is 0. The number of nitrogens with one attached hydrogen (secondary N) is 1. The minimum absolute atomic E-state index is 0.0158. The molecular weight excluding hydrogens is 134 g/mol. The highest BCUT2D eigenvalue weighted by molar-refractivity contribution is 4.55. The van der Waals surface area contributed by atoms with Gasteiger partial charge in [0.25, 0.3) is 0 Å². The standard InChI is InChI=1S/C6H15NO3/c8-4-6(5-9)2-1-3-7-10/h6-10H,1-5H2. The third-order valence-corrected chi connectivity index (χ3v) is 1.42. The summed E-state index contributed by atoms with van der Waals surface area (Å²) in [6.45, 7) is 0.542. The van der Waals surface area contributed by atoms with Crippen LogP contribution in [0.4, 0.5) is 0 Å². The molecule has 0 aliphatic carbocycles. The molecule has 0 bridgehead atoms. The van der Waals surface area contributed by atoms with Crippen LogP contribution in [0, 0.1) is 5.92 Å². The lowest BCUT2D eigenvalue weighted by Crippen LogP contribution is -2.15. The van der Waals surface area contributed by atoms with Crippen LogP contribution >= 0.6 is 0 Å². The summed E-state index contributed by atoms with van der Waals surface area (Å²) in [5, 5.41) is 25.3. The minimum atomic E-state index is -0.0339. The second kappa shape index (κ2) is 6.95. The quantitative estimate of drug-likeness (QED) is 0.299. The van der Waals surface area contributed by atoms with Gasteiger partial charge in [-0.2, -0.15) is 0 Å². The van der Waals surface area contributed by atoms with E-state index in [1.165, 1.54) is 0 Å². The van der Waals surface area contributed by atoms with E-state index in [1.807, 2.05) is 5.48 Å². The summed E-state index contributed by atoms with van der Waals surface area (Å²) in [6, 6.07) is 0.